The number of fused-ring (bicyclic) bond motifs is 1. The van der Waals surface area contributed by atoms with Crippen LogP contribution >= 0.6 is 0 Å². The van der Waals surface area contributed by atoms with E-state index in [4.69, 9.17) is 0 Å². The van der Waals surface area contributed by atoms with Crippen LogP contribution in [0.4, 0.5) is 0 Å². The van der Waals surface area contributed by atoms with Crippen molar-refractivity contribution in [3.05, 3.63) is 36.5 Å². The molecule has 2 aliphatic rings. The Kier molecular flexibility index (Phi) is 1.42. The normalized spacial score (nSPS) is 10.6. The molecule has 2 rings (SSSR count). The van der Waals surface area contributed by atoms with Gasteiger partial charge in [0.1, 0.15) is 0 Å². The predicted octanol–water partition coefficient (Wildman–Crippen LogP) is 2.61. The summed E-state index contributed by atoms with van der Waals surface area (Å²) >= 11 is 0. The molecule has 0 amide bonds. The highest BCUT2D eigenvalue weighted by molar-refractivity contribution is 5.62. The van der Waals surface area contributed by atoms with Crippen molar-refractivity contribution in [1.82, 2.24) is 4.57 Å². The van der Waals surface area contributed by atoms with Gasteiger partial charge in [0.05, 0.1) is 0 Å². The average Bonchev–Trinajstić information content (AvgIpc) is 2.50. The van der Waals surface area contributed by atoms with E-state index >= 15 is 0 Å². The molecule has 0 unspecified atom stereocenters. The van der Waals surface area contributed by atoms with E-state index in [9.17, 15) is 0 Å². The Bertz CT molecular complexity index is 322. The van der Waals surface area contributed by atoms with Gasteiger partial charge in [-0.1, -0.05) is 18.2 Å². The summed E-state index contributed by atoms with van der Waals surface area (Å²) in [5.41, 5.74) is 2.66. The molecular weight excluding hydrogens is 134 g/mol. The molecule has 0 aromatic carbocycles. The summed E-state index contributed by atoms with van der Waals surface area (Å²) in [6, 6.07) is 10.6. The summed E-state index contributed by atoms with van der Waals surface area (Å²) < 4.78 is 2.25. The predicted molar refractivity (Wildman–Crippen MR) is 46.7 cm³/mol. The molecule has 56 valence electrons. The van der Waals surface area contributed by atoms with Crippen LogP contribution in [0.1, 0.15) is 6.92 Å². The number of aryl methyl sites for hydroxylation is 1. The Hall–Kier alpha value is -1.24. The van der Waals surface area contributed by atoms with Crippen LogP contribution in [0.3, 0.4) is 0 Å². The van der Waals surface area contributed by atoms with E-state index in [2.05, 4.69) is 48.0 Å². The van der Waals surface area contributed by atoms with Gasteiger partial charge in [0.2, 0.25) is 0 Å². The fraction of sp³-hybridized carbons (Fsp3) is 0.200. The molecule has 1 aliphatic heterocycles. The third-order valence-corrected chi connectivity index (χ3v) is 2.02. The van der Waals surface area contributed by atoms with Crippen LogP contribution < -0.4 is 0 Å². The molecule has 1 heteroatoms. The number of hydrogen-bond acceptors (Lipinski definition) is 0. The van der Waals surface area contributed by atoms with Crippen molar-refractivity contribution >= 4 is 0 Å². The van der Waals surface area contributed by atoms with E-state index in [1.54, 1.807) is 0 Å². The minimum Gasteiger partial charge on any atom is -0.348 e. The molecule has 0 aromatic rings. The third-order valence-electron chi connectivity index (χ3n) is 2.02. The maximum atomic E-state index is 2.25. The minimum atomic E-state index is 1.04. The summed E-state index contributed by atoms with van der Waals surface area (Å²) in [6.45, 7) is 3.20. The highest BCUT2D eigenvalue weighted by atomic mass is 14.9. The van der Waals surface area contributed by atoms with Crippen LogP contribution in [0.5, 0.6) is 0 Å². The van der Waals surface area contributed by atoms with Gasteiger partial charge in [0.25, 0.3) is 0 Å². The Morgan fingerprint density at radius 2 is 2.00 bits per heavy atom. The lowest BCUT2D eigenvalue weighted by molar-refractivity contribution is 0.765. The molecule has 0 bridgehead atoms. The van der Waals surface area contributed by atoms with Crippen molar-refractivity contribution in [1.29, 1.82) is 0 Å². The SMILES string of the molecule is CCn1cccc2cccc1-2. The van der Waals surface area contributed by atoms with Crippen LogP contribution in [0, 0.1) is 0 Å². The first-order chi connectivity index (χ1) is 5.42. The van der Waals surface area contributed by atoms with Crippen LogP contribution in [-0.4, -0.2) is 4.57 Å². The zero-order valence-corrected chi connectivity index (χ0v) is 6.62. The number of rotatable bonds is 1. The zero-order chi connectivity index (χ0) is 7.68. The molecule has 0 atom stereocenters. The van der Waals surface area contributed by atoms with Gasteiger partial charge in [0, 0.05) is 18.4 Å². The maximum absolute atomic E-state index is 2.25. The molecule has 0 radical (unpaired) electrons. The highest BCUT2D eigenvalue weighted by Gasteiger charge is 2.02. The summed E-state index contributed by atoms with van der Waals surface area (Å²) in [6.07, 6.45) is 2.11. The molecule has 11 heavy (non-hydrogen) atoms. The highest BCUT2D eigenvalue weighted by Crippen LogP contribution is 2.21. The van der Waals surface area contributed by atoms with Crippen LogP contribution in [0.15, 0.2) is 36.5 Å². The van der Waals surface area contributed by atoms with Crippen LogP contribution in [0.2, 0.25) is 0 Å². The Balaban J connectivity index is 2.66. The summed E-state index contributed by atoms with van der Waals surface area (Å²) in [5, 5.41) is 0. The maximum Gasteiger partial charge on any atom is 0.0479 e. The van der Waals surface area contributed by atoms with Crippen molar-refractivity contribution in [3.63, 3.8) is 0 Å². The Morgan fingerprint density at radius 3 is 2.82 bits per heavy atom. The molecule has 0 saturated carbocycles. The van der Waals surface area contributed by atoms with Gasteiger partial charge in [-0.2, -0.15) is 0 Å². The molecule has 1 aliphatic carbocycles. The molecule has 0 aromatic heterocycles. The average molecular weight is 145 g/mol. The lowest BCUT2D eigenvalue weighted by Crippen LogP contribution is -1.97. The van der Waals surface area contributed by atoms with Crippen molar-refractivity contribution in [2.24, 2.45) is 0 Å². The Labute approximate surface area is 66.6 Å². The first kappa shape index (κ1) is 6.47. The standard InChI is InChI=1S/C10H11N/c1-2-11-8-4-6-9-5-3-7-10(9)11/h3-8H,2H2,1H3. The molecular formula is C10H11N. The second-order valence-electron chi connectivity index (χ2n) is 2.66. The first-order valence-electron chi connectivity index (χ1n) is 3.95. The molecule has 0 fully saturated rings. The van der Waals surface area contributed by atoms with E-state index in [1.807, 2.05) is 0 Å². The van der Waals surface area contributed by atoms with Gasteiger partial charge in [-0.15, -0.1) is 0 Å². The summed E-state index contributed by atoms with van der Waals surface area (Å²) in [5.74, 6) is 0. The fourth-order valence-corrected chi connectivity index (χ4v) is 1.43. The van der Waals surface area contributed by atoms with Crippen molar-refractivity contribution in [3.8, 4) is 11.3 Å². The van der Waals surface area contributed by atoms with E-state index in [1.165, 1.54) is 11.3 Å². The van der Waals surface area contributed by atoms with Crippen LogP contribution in [-0.2, 0) is 6.54 Å². The Morgan fingerprint density at radius 1 is 1.18 bits per heavy atom. The first-order valence-corrected chi connectivity index (χ1v) is 3.95. The summed E-state index contributed by atoms with van der Waals surface area (Å²) in [4.78, 5) is 0. The third kappa shape index (κ3) is 0.929. The number of aromatic nitrogens is 1. The largest absolute Gasteiger partial charge is 0.348 e. The second kappa shape index (κ2) is 2.42. The smallest absolute Gasteiger partial charge is 0.0479 e. The lowest BCUT2D eigenvalue weighted by Gasteiger charge is -2.08. The molecule has 0 spiro atoms. The van der Waals surface area contributed by atoms with Gasteiger partial charge in [0.15, 0.2) is 0 Å². The van der Waals surface area contributed by atoms with Crippen LogP contribution in [0.25, 0.3) is 11.3 Å². The van der Waals surface area contributed by atoms with Crippen molar-refractivity contribution in [2.75, 3.05) is 0 Å². The van der Waals surface area contributed by atoms with E-state index in [-0.39, 0.29) is 0 Å². The zero-order valence-electron chi connectivity index (χ0n) is 6.62. The molecule has 1 nitrogen and oxygen atoms in total. The van der Waals surface area contributed by atoms with E-state index in [0.29, 0.717) is 0 Å². The van der Waals surface area contributed by atoms with Gasteiger partial charge in [-0.05, 0) is 24.6 Å². The van der Waals surface area contributed by atoms with Crippen molar-refractivity contribution < 1.29 is 0 Å². The van der Waals surface area contributed by atoms with Gasteiger partial charge < -0.3 is 4.57 Å². The molecule has 0 N–H and O–H groups in total. The number of nitrogens with zero attached hydrogens (tertiary/aromatic N) is 1. The fourth-order valence-electron chi connectivity index (χ4n) is 1.43. The van der Waals surface area contributed by atoms with E-state index in [0.717, 1.165) is 6.54 Å². The monoisotopic (exact) mass is 145 g/mol. The number of hydrogen-bond donors (Lipinski definition) is 0. The van der Waals surface area contributed by atoms with Crippen molar-refractivity contribution in [2.45, 2.75) is 13.5 Å². The van der Waals surface area contributed by atoms with Gasteiger partial charge in [-0.3, -0.25) is 0 Å². The lowest BCUT2D eigenvalue weighted by atomic mass is 10.2. The topological polar surface area (TPSA) is 4.93 Å². The molecule has 1 heterocycles. The number of pyridine rings is 1. The quantitative estimate of drug-likeness (QED) is 0.581. The molecule has 0 saturated heterocycles. The summed E-state index contributed by atoms with van der Waals surface area (Å²) in [7, 11) is 0. The second-order valence-corrected chi connectivity index (χ2v) is 2.66. The van der Waals surface area contributed by atoms with Gasteiger partial charge >= 0.3 is 0 Å². The minimum absolute atomic E-state index is 1.04. The van der Waals surface area contributed by atoms with E-state index < -0.39 is 0 Å². The van der Waals surface area contributed by atoms with Gasteiger partial charge in [-0.25, -0.2) is 0 Å².